The first-order valence-corrected chi connectivity index (χ1v) is 3.91. The topological polar surface area (TPSA) is 45.5 Å². The average Bonchev–Trinajstić information content (AvgIpc) is 2.03. The fourth-order valence-electron chi connectivity index (χ4n) is 0.574. The highest BCUT2D eigenvalue weighted by atomic mass is 79.9. The Morgan fingerprint density at radius 1 is 1.64 bits per heavy atom. The van der Waals surface area contributed by atoms with Gasteiger partial charge in [0.2, 0.25) is 0 Å². The van der Waals surface area contributed by atoms with Crippen molar-refractivity contribution in [1.29, 1.82) is 0 Å². The quantitative estimate of drug-likeness (QED) is 0.351. The van der Waals surface area contributed by atoms with Crippen molar-refractivity contribution in [2.75, 3.05) is 0 Å². The number of nitrogens with zero attached hydrogens (tertiary/aromatic N) is 2. The molecular weight excluding hydrogens is 231 g/mol. The van der Waals surface area contributed by atoms with E-state index >= 15 is 0 Å². The van der Waals surface area contributed by atoms with Gasteiger partial charge in [0.15, 0.2) is 5.17 Å². The summed E-state index contributed by atoms with van der Waals surface area (Å²) in [6, 6.07) is 5.15. The number of halogens is 2. The molecule has 1 rings (SSSR count). The summed E-state index contributed by atoms with van der Waals surface area (Å²) < 4.78 is 0.650. The molecule has 0 bridgehead atoms. The zero-order valence-electron chi connectivity index (χ0n) is 5.33. The van der Waals surface area contributed by atoms with Crippen molar-refractivity contribution < 1.29 is 5.21 Å². The lowest BCUT2D eigenvalue weighted by molar-refractivity contribution is 0.320. The Morgan fingerprint density at radius 2 is 2.36 bits per heavy atom. The van der Waals surface area contributed by atoms with Gasteiger partial charge in [-0.3, -0.25) is 0 Å². The molecule has 1 heterocycles. The van der Waals surface area contributed by atoms with E-state index in [4.69, 9.17) is 16.8 Å². The summed E-state index contributed by atoms with van der Waals surface area (Å²) in [5, 5.41) is 11.1. The molecule has 0 aliphatic rings. The Bertz CT molecular complexity index is 290. The molecule has 0 aliphatic heterocycles. The van der Waals surface area contributed by atoms with Crippen LogP contribution in [0.1, 0.15) is 5.69 Å². The number of hydrogen-bond acceptors (Lipinski definition) is 3. The van der Waals surface area contributed by atoms with Crippen LogP contribution in [0.2, 0.25) is 0 Å². The molecule has 1 aromatic heterocycles. The van der Waals surface area contributed by atoms with Crippen LogP contribution in [0, 0.1) is 0 Å². The number of oxime groups is 1. The van der Waals surface area contributed by atoms with Gasteiger partial charge in [-0.25, -0.2) is 4.98 Å². The third kappa shape index (κ3) is 2.17. The summed E-state index contributed by atoms with van der Waals surface area (Å²) in [7, 11) is 0. The van der Waals surface area contributed by atoms with Crippen molar-refractivity contribution in [3.05, 3.63) is 28.5 Å². The third-order valence-electron chi connectivity index (χ3n) is 1.01. The highest BCUT2D eigenvalue weighted by Crippen LogP contribution is 2.08. The van der Waals surface area contributed by atoms with Gasteiger partial charge in [-0.15, -0.1) is 0 Å². The van der Waals surface area contributed by atoms with Gasteiger partial charge in [0.25, 0.3) is 0 Å². The maximum atomic E-state index is 8.28. The van der Waals surface area contributed by atoms with E-state index in [1.807, 2.05) is 0 Å². The van der Waals surface area contributed by atoms with Gasteiger partial charge in [-0.2, -0.15) is 0 Å². The smallest absolute Gasteiger partial charge is 0.193 e. The zero-order chi connectivity index (χ0) is 8.27. The van der Waals surface area contributed by atoms with Crippen molar-refractivity contribution >= 4 is 32.7 Å². The Balaban J connectivity index is 3.06. The predicted octanol–water partition coefficient (Wildman–Crippen LogP) is 2.22. The van der Waals surface area contributed by atoms with Gasteiger partial charge in [-0.1, -0.05) is 22.8 Å². The van der Waals surface area contributed by atoms with Crippen LogP contribution in [-0.4, -0.2) is 15.4 Å². The minimum absolute atomic E-state index is 0.0219. The van der Waals surface area contributed by atoms with E-state index in [2.05, 4.69) is 26.1 Å². The zero-order valence-corrected chi connectivity index (χ0v) is 7.67. The van der Waals surface area contributed by atoms with Crippen molar-refractivity contribution in [1.82, 2.24) is 4.98 Å². The molecule has 0 radical (unpaired) electrons. The number of aromatic nitrogens is 1. The lowest BCUT2D eigenvalue weighted by atomic mass is 10.4. The minimum Gasteiger partial charge on any atom is -0.410 e. The second-order valence-corrected chi connectivity index (χ2v) is 2.91. The molecule has 0 saturated carbocycles. The van der Waals surface area contributed by atoms with E-state index < -0.39 is 0 Å². The molecule has 0 amide bonds. The number of rotatable bonds is 1. The van der Waals surface area contributed by atoms with E-state index in [1.165, 1.54) is 0 Å². The highest BCUT2D eigenvalue weighted by molar-refractivity contribution is 9.10. The SMILES string of the molecule is O/N=C(\Cl)c1cccc(Br)n1. The Kier molecular flexibility index (Phi) is 2.84. The van der Waals surface area contributed by atoms with E-state index in [1.54, 1.807) is 18.2 Å². The lowest BCUT2D eigenvalue weighted by Crippen LogP contribution is -1.94. The van der Waals surface area contributed by atoms with Crippen molar-refractivity contribution in [2.45, 2.75) is 0 Å². The van der Waals surface area contributed by atoms with E-state index in [-0.39, 0.29) is 5.17 Å². The molecule has 0 aliphatic carbocycles. The monoisotopic (exact) mass is 234 g/mol. The Hall–Kier alpha value is -0.610. The molecule has 3 nitrogen and oxygen atoms in total. The van der Waals surface area contributed by atoms with Gasteiger partial charge in [0.05, 0.1) is 0 Å². The molecule has 0 spiro atoms. The first-order valence-electron chi connectivity index (χ1n) is 2.74. The van der Waals surface area contributed by atoms with Crippen LogP contribution in [0.25, 0.3) is 0 Å². The Labute approximate surface area is 76.8 Å². The minimum atomic E-state index is -0.0219. The summed E-state index contributed by atoms with van der Waals surface area (Å²) in [4.78, 5) is 3.94. The molecular formula is C6H4BrClN2O. The normalized spacial score (nSPS) is 11.6. The summed E-state index contributed by atoms with van der Waals surface area (Å²) >= 11 is 8.63. The van der Waals surface area contributed by atoms with Gasteiger partial charge in [0, 0.05) is 0 Å². The van der Waals surface area contributed by atoms with Gasteiger partial charge < -0.3 is 5.21 Å². The number of pyridine rings is 1. The molecule has 0 unspecified atom stereocenters. The van der Waals surface area contributed by atoms with Crippen LogP contribution in [0.4, 0.5) is 0 Å². The first kappa shape index (κ1) is 8.49. The van der Waals surface area contributed by atoms with Crippen molar-refractivity contribution in [2.24, 2.45) is 5.16 Å². The predicted molar refractivity (Wildman–Crippen MR) is 46.1 cm³/mol. The van der Waals surface area contributed by atoms with Gasteiger partial charge in [-0.05, 0) is 28.1 Å². The standard InChI is InChI=1S/C6H4BrClN2O/c7-5-3-1-2-4(9-5)6(8)10-11/h1-3,11H/b10-6-. The maximum absolute atomic E-state index is 8.28. The van der Waals surface area contributed by atoms with E-state index in [9.17, 15) is 0 Å². The van der Waals surface area contributed by atoms with Crippen LogP contribution in [0.5, 0.6) is 0 Å². The Morgan fingerprint density at radius 3 is 2.91 bits per heavy atom. The second kappa shape index (κ2) is 3.69. The summed E-state index contributed by atoms with van der Waals surface area (Å²) in [5.74, 6) is 0. The maximum Gasteiger partial charge on any atom is 0.193 e. The van der Waals surface area contributed by atoms with Crippen LogP contribution < -0.4 is 0 Å². The highest BCUT2D eigenvalue weighted by Gasteiger charge is 2.00. The average molecular weight is 235 g/mol. The fourth-order valence-corrected chi connectivity index (χ4v) is 1.02. The van der Waals surface area contributed by atoms with Crippen LogP contribution in [0.3, 0.4) is 0 Å². The molecule has 1 aromatic rings. The van der Waals surface area contributed by atoms with Crippen molar-refractivity contribution in [3.8, 4) is 0 Å². The van der Waals surface area contributed by atoms with E-state index in [0.29, 0.717) is 10.3 Å². The number of hydrogen-bond donors (Lipinski definition) is 1. The van der Waals surface area contributed by atoms with Crippen molar-refractivity contribution in [3.63, 3.8) is 0 Å². The summed E-state index contributed by atoms with van der Waals surface area (Å²) in [6.45, 7) is 0. The summed E-state index contributed by atoms with van der Waals surface area (Å²) in [6.07, 6.45) is 0. The molecule has 11 heavy (non-hydrogen) atoms. The first-order chi connectivity index (χ1) is 5.24. The van der Waals surface area contributed by atoms with Crippen LogP contribution in [-0.2, 0) is 0 Å². The lowest BCUT2D eigenvalue weighted by Gasteiger charge is -1.94. The second-order valence-electron chi connectivity index (χ2n) is 1.74. The molecule has 0 aromatic carbocycles. The van der Waals surface area contributed by atoms with Gasteiger partial charge in [0.1, 0.15) is 10.3 Å². The molecule has 0 saturated heterocycles. The largest absolute Gasteiger partial charge is 0.410 e. The summed E-state index contributed by atoms with van der Waals surface area (Å²) in [5.41, 5.74) is 0.434. The molecule has 1 N–H and O–H groups in total. The van der Waals surface area contributed by atoms with Crippen LogP contribution >= 0.6 is 27.5 Å². The molecule has 0 fully saturated rings. The van der Waals surface area contributed by atoms with Crippen LogP contribution in [0.15, 0.2) is 28.0 Å². The molecule has 5 heteroatoms. The third-order valence-corrected chi connectivity index (χ3v) is 1.73. The molecule has 0 atom stereocenters. The molecule has 58 valence electrons. The fraction of sp³-hybridized carbons (Fsp3) is 0. The van der Waals surface area contributed by atoms with Gasteiger partial charge >= 0.3 is 0 Å². The van der Waals surface area contributed by atoms with E-state index in [0.717, 1.165) is 0 Å².